The van der Waals surface area contributed by atoms with Gasteiger partial charge in [-0.05, 0) is 24.5 Å². The fourth-order valence-corrected chi connectivity index (χ4v) is 3.49. The van der Waals surface area contributed by atoms with Crippen molar-refractivity contribution in [2.45, 2.75) is 19.3 Å². The first-order chi connectivity index (χ1) is 10.2. The third-order valence-electron chi connectivity index (χ3n) is 4.51. The largest absolute Gasteiger partial charge is 0.196 e. The summed E-state index contributed by atoms with van der Waals surface area (Å²) in [6, 6.07) is 12.8. The quantitative estimate of drug-likeness (QED) is 0.769. The van der Waals surface area contributed by atoms with Crippen molar-refractivity contribution < 1.29 is 0 Å². The smallest absolute Gasteiger partial charge is 0.172 e. The molecule has 0 bridgehead atoms. The minimum absolute atomic E-state index is 0.0696. The van der Waals surface area contributed by atoms with E-state index < -0.39 is 5.41 Å². The molecule has 2 aliphatic rings. The molecular formula is C19H16N2. The van der Waals surface area contributed by atoms with Crippen LogP contribution < -0.4 is 0 Å². The van der Waals surface area contributed by atoms with Gasteiger partial charge >= 0.3 is 0 Å². The van der Waals surface area contributed by atoms with Gasteiger partial charge in [-0.25, -0.2) is 0 Å². The molecule has 0 aliphatic heterocycles. The first-order valence-electron chi connectivity index (χ1n) is 7.16. The lowest BCUT2D eigenvalue weighted by Gasteiger charge is -2.23. The van der Waals surface area contributed by atoms with E-state index in [2.05, 4.69) is 24.3 Å². The number of nitriles is 2. The number of hydrogen-bond acceptors (Lipinski definition) is 2. The summed E-state index contributed by atoms with van der Waals surface area (Å²) in [5.41, 5.74) is 2.12. The van der Waals surface area contributed by atoms with E-state index in [-0.39, 0.29) is 11.8 Å². The Balaban J connectivity index is 2.16. The second-order valence-corrected chi connectivity index (χ2v) is 5.73. The van der Waals surface area contributed by atoms with E-state index in [4.69, 9.17) is 0 Å². The molecule has 1 aromatic rings. The molecule has 2 heteroatoms. The molecule has 2 atom stereocenters. The SMILES string of the molecule is Cc1cccc(C2CC3C=CC=CC=C3C2(C#N)C#N)c1. The number of benzene rings is 1. The summed E-state index contributed by atoms with van der Waals surface area (Å²) >= 11 is 0. The van der Waals surface area contributed by atoms with E-state index >= 15 is 0 Å². The molecule has 0 heterocycles. The zero-order valence-electron chi connectivity index (χ0n) is 12.0. The Hall–Kier alpha value is -2.58. The van der Waals surface area contributed by atoms with Gasteiger partial charge in [-0.3, -0.25) is 0 Å². The highest BCUT2D eigenvalue weighted by Crippen LogP contribution is 2.55. The zero-order chi connectivity index (χ0) is 14.9. The van der Waals surface area contributed by atoms with E-state index in [1.165, 1.54) is 0 Å². The van der Waals surface area contributed by atoms with Gasteiger partial charge < -0.3 is 0 Å². The Labute approximate surface area is 125 Å². The summed E-state index contributed by atoms with van der Waals surface area (Å²) in [4.78, 5) is 0. The normalized spacial score (nSPS) is 25.4. The number of allylic oxidation sites excluding steroid dienone is 6. The predicted molar refractivity (Wildman–Crippen MR) is 82.0 cm³/mol. The van der Waals surface area contributed by atoms with E-state index in [0.29, 0.717) is 0 Å². The fraction of sp³-hybridized carbons (Fsp3) is 0.263. The van der Waals surface area contributed by atoms with Crippen LogP contribution in [0.15, 0.2) is 60.2 Å². The second-order valence-electron chi connectivity index (χ2n) is 5.73. The fourth-order valence-electron chi connectivity index (χ4n) is 3.49. The first kappa shape index (κ1) is 13.4. The molecule has 2 aliphatic carbocycles. The van der Waals surface area contributed by atoms with Crippen LogP contribution in [0.1, 0.15) is 23.5 Å². The maximum atomic E-state index is 9.79. The van der Waals surface area contributed by atoms with Crippen molar-refractivity contribution in [2.24, 2.45) is 11.3 Å². The van der Waals surface area contributed by atoms with Crippen LogP contribution >= 0.6 is 0 Å². The summed E-state index contributed by atoms with van der Waals surface area (Å²) in [5.74, 6) is 0.101. The number of fused-ring (bicyclic) bond motifs is 1. The molecule has 2 unspecified atom stereocenters. The Morgan fingerprint density at radius 3 is 2.67 bits per heavy atom. The number of hydrogen-bond donors (Lipinski definition) is 0. The average molecular weight is 272 g/mol. The number of aryl methyl sites for hydroxylation is 1. The Bertz CT molecular complexity index is 724. The molecule has 0 radical (unpaired) electrons. The van der Waals surface area contributed by atoms with Crippen LogP contribution in [0.5, 0.6) is 0 Å². The molecule has 0 amide bonds. The van der Waals surface area contributed by atoms with Crippen molar-refractivity contribution in [3.63, 3.8) is 0 Å². The molecule has 0 aromatic heterocycles. The molecule has 1 fully saturated rings. The lowest BCUT2D eigenvalue weighted by atomic mass is 9.74. The highest BCUT2D eigenvalue weighted by molar-refractivity contribution is 5.50. The third-order valence-corrected chi connectivity index (χ3v) is 4.51. The van der Waals surface area contributed by atoms with Crippen LogP contribution in [0, 0.1) is 40.9 Å². The van der Waals surface area contributed by atoms with Gasteiger partial charge in [0.15, 0.2) is 5.41 Å². The van der Waals surface area contributed by atoms with Crippen molar-refractivity contribution in [1.82, 2.24) is 0 Å². The highest BCUT2D eigenvalue weighted by Gasteiger charge is 2.52. The molecule has 0 N–H and O–H groups in total. The minimum atomic E-state index is -1.06. The maximum absolute atomic E-state index is 9.79. The highest BCUT2D eigenvalue weighted by atomic mass is 14.5. The monoisotopic (exact) mass is 272 g/mol. The summed E-state index contributed by atoms with van der Waals surface area (Å²) in [6.45, 7) is 2.04. The van der Waals surface area contributed by atoms with Crippen LogP contribution in [0.3, 0.4) is 0 Å². The predicted octanol–water partition coefficient (Wildman–Crippen LogP) is 4.18. The van der Waals surface area contributed by atoms with E-state index in [0.717, 1.165) is 23.1 Å². The number of nitrogens with zero attached hydrogens (tertiary/aromatic N) is 2. The van der Waals surface area contributed by atoms with Crippen LogP contribution in [-0.2, 0) is 0 Å². The number of rotatable bonds is 1. The molecule has 21 heavy (non-hydrogen) atoms. The molecule has 0 saturated heterocycles. The Morgan fingerprint density at radius 1 is 1.14 bits per heavy atom. The van der Waals surface area contributed by atoms with Gasteiger partial charge in [0, 0.05) is 11.8 Å². The van der Waals surface area contributed by atoms with E-state index in [1.54, 1.807) is 0 Å². The standard InChI is InChI=1S/C19H16N2/c1-14-6-5-8-15(10-14)18-11-16-7-3-2-4-9-17(16)19(18,12-20)13-21/h2-10,16,18H,11H2,1H3. The summed E-state index contributed by atoms with van der Waals surface area (Å²) in [6.07, 6.45) is 10.8. The topological polar surface area (TPSA) is 47.6 Å². The van der Waals surface area contributed by atoms with Gasteiger partial charge in [0.1, 0.15) is 0 Å². The van der Waals surface area contributed by atoms with E-state index in [1.807, 2.05) is 49.4 Å². The second kappa shape index (κ2) is 5.08. The maximum Gasteiger partial charge on any atom is 0.172 e. The summed E-state index contributed by atoms with van der Waals surface area (Å²) < 4.78 is 0. The molecular weight excluding hydrogens is 256 g/mol. The molecule has 1 saturated carbocycles. The van der Waals surface area contributed by atoms with Crippen molar-refractivity contribution in [1.29, 1.82) is 10.5 Å². The lowest BCUT2D eigenvalue weighted by Crippen LogP contribution is -2.22. The van der Waals surface area contributed by atoms with Gasteiger partial charge in [-0.1, -0.05) is 60.2 Å². The molecule has 0 spiro atoms. The van der Waals surface area contributed by atoms with Gasteiger partial charge in [0.2, 0.25) is 0 Å². The lowest BCUT2D eigenvalue weighted by molar-refractivity contribution is 0.531. The minimum Gasteiger partial charge on any atom is -0.196 e. The van der Waals surface area contributed by atoms with Crippen molar-refractivity contribution in [3.05, 3.63) is 71.3 Å². The third kappa shape index (κ3) is 2.01. The van der Waals surface area contributed by atoms with Crippen molar-refractivity contribution >= 4 is 0 Å². The van der Waals surface area contributed by atoms with Crippen molar-refractivity contribution in [2.75, 3.05) is 0 Å². The molecule has 102 valence electrons. The van der Waals surface area contributed by atoms with Gasteiger partial charge in [-0.15, -0.1) is 0 Å². The Kier molecular flexibility index (Phi) is 3.24. The first-order valence-corrected chi connectivity index (χ1v) is 7.16. The average Bonchev–Trinajstić information content (AvgIpc) is 2.64. The molecule has 1 aromatic carbocycles. The van der Waals surface area contributed by atoms with Gasteiger partial charge in [0.05, 0.1) is 12.1 Å². The van der Waals surface area contributed by atoms with Gasteiger partial charge in [-0.2, -0.15) is 10.5 Å². The molecule has 3 rings (SSSR count). The summed E-state index contributed by atoms with van der Waals surface area (Å²) in [5, 5.41) is 19.6. The molecule has 2 nitrogen and oxygen atoms in total. The Morgan fingerprint density at radius 2 is 1.95 bits per heavy atom. The van der Waals surface area contributed by atoms with Gasteiger partial charge in [0.25, 0.3) is 0 Å². The van der Waals surface area contributed by atoms with Crippen LogP contribution in [0.2, 0.25) is 0 Å². The van der Waals surface area contributed by atoms with Crippen LogP contribution in [0.25, 0.3) is 0 Å². The van der Waals surface area contributed by atoms with Crippen molar-refractivity contribution in [3.8, 4) is 12.1 Å². The van der Waals surface area contributed by atoms with Crippen LogP contribution in [-0.4, -0.2) is 0 Å². The van der Waals surface area contributed by atoms with Crippen LogP contribution in [0.4, 0.5) is 0 Å². The van der Waals surface area contributed by atoms with E-state index in [9.17, 15) is 10.5 Å². The zero-order valence-corrected chi connectivity index (χ0v) is 12.0. The summed E-state index contributed by atoms with van der Waals surface area (Å²) in [7, 11) is 0.